The molecule has 0 bridgehead atoms. The molecule has 1 heterocycles. The maximum Gasteiger partial charge on any atom is 0.242 e. The van der Waals surface area contributed by atoms with Crippen LogP contribution in [0.1, 0.15) is 13.8 Å². The van der Waals surface area contributed by atoms with Crippen molar-refractivity contribution in [3.8, 4) is 5.75 Å². The lowest BCUT2D eigenvalue weighted by Gasteiger charge is -2.36. The Morgan fingerprint density at radius 3 is 2.52 bits per heavy atom. The summed E-state index contributed by atoms with van der Waals surface area (Å²) in [6.07, 6.45) is 0. The SMILES string of the molecule is CCNC(=O)[C@H](C)NC(=O)CN1CCN(c2ccccc2OC)CC1. The minimum atomic E-state index is -0.512. The van der Waals surface area contributed by atoms with Gasteiger partial charge in [-0.2, -0.15) is 0 Å². The van der Waals surface area contributed by atoms with Crippen LogP contribution in [0.2, 0.25) is 0 Å². The number of hydrogen-bond acceptors (Lipinski definition) is 5. The van der Waals surface area contributed by atoms with Crippen molar-refractivity contribution < 1.29 is 14.3 Å². The van der Waals surface area contributed by atoms with E-state index in [0.717, 1.165) is 37.6 Å². The van der Waals surface area contributed by atoms with Crippen molar-refractivity contribution in [2.75, 3.05) is 51.3 Å². The number of nitrogens with one attached hydrogen (secondary N) is 2. The van der Waals surface area contributed by atoms with Crippen LogP contribution in [0.3, 0.4) is 0 Å². The van der Waals surface area contributed by atoms with Crippen LogP contribution < -0.4 is 20.3 Å². The standard InChI is InChI=1S/C18H28N4O3/c1-4-19-18(24)14(2)20-17(23)13-21-9-11-22(12-10-21)15-7-5-6-8-16(15)25-3/h5-8,14H,4,9-13H2,1-3H3,(H,19,24)(H,20,23)/t14-/m0/s1. The van der Waals surface area contributed by atoms with Crippen LogP contribution in [0.4, 0.5) is 5.69 Å². The summed E-state index contributed by atoms with van der Waals surface area (Å²) in [6.45, 7) is 7.67. The largest absolute Gasteiger partial charge is 0.495 e. The molecule has 1 aromatic carbocycles. The maximum atomic E-state index is 12.1. The molecule has 2 rings (SSSR count). The Morgan fingerprint density at radius 1 is 1.20 bits per heavy atom. The Labute approximate surface area is 149 Å². The van der Waals surface area contributed by atoms with E-state index in [1.807, 2.05) is 25.1 Å². The van der Waals surface area contributed by atoms with Gasteiger partial charge in [0.1, 0.15) is 11.8 Å². The predicted molar refractivity (Wildman–Crippen MR) is 97.9 cm³/mol. The van der Waals surface area contributed by atoms with Gasteiger partial charge in [0.2, 0.25) is 11.8 Å². The van der Waals surface area contributed by atoms with Gasteiger partial charge in [-0.25, -0.2) is 0 Å². The van der Waals surface area contributed by atoms with Gasteiger partial charge in [0.05, 0.1) is 19.3 Å². The highest BCUT2D eigenvalue weighted by Gasteiger charge is 2.22. The number of carbonyl (C=O) groups excluding carboxylic acids is 2. The molecular formula is C18H28N4O3. The fraction of sp³-hybridized carbons (Fsp3) is 0.556. The number of likely N-dealkylation sites (N-methyl/N-ethyl adjacent to an activating group) is 1. The van der Waals surface area contributed by atoms with E-state index in [4.69, 9.17) is 4.74 Å². The highest BCUT2D eigenvalue weighted by atomic mass is 16.5. The van der Waals surface area contributed by atoms with E-state index in [1.165, 1.54) is 0 Å². The lowest BCUT2D eigenvalue weighted by Crippen LogP contribution is -2.52. The van der Waals surface area contributed by atoms with Crippen LogP contribution in [-0.4, -0.2) is 69.1 Å². The molecule has 2 amide bonds. The minimum absolute atomic E-state index is 0.121. The number of para-hydroxylation sites is 2. The lowest BCUT2D eigenvalue weighted by molar-refractivity contribution is -0.129. The Morgan fingerprint density at radius 2 is 1.88 bits per heavy atom. The van der Waals surface area contributed by atoms with E-state index in [2.05, 4.69) is 26.5 Å². The second-order valence-corrected chi connectivity index (χ2v) is 6.12. The Bertz CT molecular complexity index is 585. The number of methoxy groups -OCH3 is 1. The molecule has 0 radical (unpaired) electrons. The maximum absolute atomic E-state index is 12.1. The van der Waals surface area contributed by atoms with E-state index < -0.39 is 6.04 Å². The molecule has 1 fully saturated rings. The average Bonchev–Trinajstić information content (AvgIpc) is 2.62. The van der Waals surface area contributed by atoms with Crippen molar-refractivity contribution in [1.29, 1.82) is 0 Å². The third-order valence-corrected chi connectivity index (χ3v) is 4.29. The molecule has 138 valence electrons. The van der Waals surface area contributed by atoms with Gasteiger partial charge in [0.25, 0.3) is 0 Å². The number of ether oxygens (including phenoxy) is 1. The van der Waals surface area contributed by atoms with Gasteiger partial charge in [-0.3, -0.25) is 14.5 Å². The summed E-state index contributed by atoms with van der Waals surface area (Å²) < 4.78 is 5.42. The van der Waals surface area contributed by atoms with E-state index in [1.54, 1.807) is 14.0 Å². The first-order chi connectivity index (χ1) is 12.0. The Balaban J connectivity index is 1.80. The molecule has 0 aromatic heterocycles. The second-order valence-electron chi connectivity index (χ2n) is 6.12. The van der Waals surface area contributed by atoms with Crippen molar-refractivity contribution in [2.24, 2.45) is 0 Å². The number of hydrogen-bond donors (Lipinski definition) is 2. The van der Waals surface area contributed by atoms with Crippen LogP contribution in [-0.2, 0) is 9.59 Å². The average molecular weight is 348 g/mol. The number of benzene rings is 1. The third-order valence-electron chi connectivity index (χ3n) is 4.29. The zero-order chi connectivity index (χ0) is 18.2. The first-order valence-electron chi connectivity index (χ1n) is 8.72. The van der Waals surface area contributed by atoms with Crippen LogP contribution in [0.25, 0.3) is 0 Å². The summed E-state index contributed by atoms with van der Waals surface area (Å²) in [6, 6.07) is 7.45. The van der Waals surface area contributed by atoms with E-state index in [0.29, 0.717) is 13.1 Å². The molecule has 0 aliphatic carbocycles. The first kappa shape index (κ1) is 19.1. The number of piperazine rings is 1. The summed E-state index contributed by atoms with van der Waals surface area (Å²) in [5.41, 5.74) is 1.08. The molecule has 25 heavy (non-hydrogen) atoms. The Kier molecular flexibility index (Phi) is 7.06. The molecule has 0 spiro atoms. The van der Waals surface area contributed by atoms with Gasteiger partial charge in [0.15, 0.2) is 0 Å². The summed E-state index contributed by atoms with van der Waals surface area (Å²) >= 11 is 0. The molecule has 7 heteroatoms. The fourth-order valence-corrected chi connectivity index (χ4v) is 2.92. The third kappa shape index (κ3) is 5.35. The minimum Gasteiger partial charge on any atom is -0.495 e. The van der Waals surface area contributed by atoms with Crippen LogP contribution in [0.15, 0.2) is 24.3 Å². The summed E-state index contributed by atoms with van der Waals surface area (Å²) in [4.78, 5) is 28.2. The highest BCUT2D eigenvalue weighted by Crippen LogP contribution is 2.28. The lowest BCUT2D eigenvalue weighted by atomic mass is 10.2. The molecule has 1 aromatic rings. The smallest absolute Gasteiger partial charge is 0.242 e. The monoisotopic (exact) mass is 348 g/mol. The van der Waals surface area contributed by atoms with Crippen molar-refractivity contribution in [3.05, 3.63) is 24.3 Å². The number of rotatable bonds is 7. The zero-order valence-electron chi connectivity index (χ0n) is 15.2. The van der Waals surface area contributed by atoms with Gasteiger partial charge in [-0.05, 0) is 26.0 Å². The van der Waals surface area contributed by atoms with Crippen LogP contribution in [0, 0.1) is 0 Å². The number of amides is 2. The van der Waals surface area contributed by atoms with E-state index >= 15 is 0 Å². The van der Waals surface area contributed by atoms with Crippen molar-refractivity contribution >= 4 is 17.5 Å². The molecule has 2 N–H and O–H groups in total. The molecular weight excluding hydrogens is 320 g/mol. The van der Waals surface area contributed by atoms with Gasteiger partial charge >= 0.3 is 0 Å². The summed E-state index contributed by atoms with van der Waals surface area (Å²) in [5.74, 6) is 0.589. The van der Waals surface area contributed by atoms with E-state index in [9.17, 15) is 9.59 Å². The molecule has 7 nitrogen and oxygen atoms in total. The molecule has 1 aliphatic heterocycles. The van der Waals surface area contributed by atoms with Crippen molar-refractivity contribution in [1.82, 2.24) is 15.5 Å². The molecule has 1 aliphatic rings. The summed E-state index contributed by atoms with van der Waals surface area (Å²) in [5, 5.41) is 5.45. The van der Waals surface area contributed by atoms with Crippen molar-refractivity contribution in [2.45, 2.75) is 19.9 Å². The van der Waals surface area contributed by atoms with E-state index in [-0.39, 0.29) is 11.8 Å². The van der Waals surface area contributed by atoms with Gasteiger partial charge in [0, 0.05) is 32.7 Å². The first-order valence-corrected chi connectivity index (χ1v) is 8.72. The molecule has 0 unspecified atom stereocenters. The van der Waals surface area contributed by atoms with Gasteiger partial charge in [-0.1, -0.05) is 12.1 Å². The molecule has 1 atom stereocenters. The van der Waals surface area contributed by atoms with Crippen LogP contribution in [0.5, 0.6) is 5.75 Å². The number of nitrogens with zero attached hydrogens (tertiary/aromatic N) is 2. The van der Waals surface area contributed by atoms with Crippen LogP contribution >= 0.6 is 0 Å². The van der Waals surface area contributed by atoms with Gasteiger partial charge in [-0.15, -0.1) is 0 Å². The highest BCUT2D eigenvalue weighted by molar-refractivity contribution is 5.87. The number of carbonyl (C=O) groups is 2. The van der Waals surface area contributed by atoms with Crippen molar-refractivity contribution in [3.63, 3.8) is 0 Å². The molecule has 0 saturated carbocycles. The normalized spacial score (nSPS) is 16.2. The number of anilines is 1. The predicted octanol–water partition coefficient (Wildman–Crippen LogP) is 0.458. The van der Waals surface area contributed by atoms with Gasteiger partial charge < -0.3 is 20.3 Å². The topological polar surface area (TPSA) is 73.9 Å². The zero-order valence-corrected chi connectivity index (χ0v) is 15.2. The summed E-state index contributed by atoms with van der Waals surface area (Å²) in [7, 11) is 1.68. The quantitative estimate of drug-likeness (QED) is 0.749. The Hall–Kier alpha value is -2.28. The fourth-order valence-electron chi connectivity index (χ4n) is 2.92. The molecule has 1 saturated heterocycles. The second kappa shape index (κ2) is 9.27.